The lowest BCUT2D eigenvalue weighted by molar-refractivity contribution is -0.130. The Hall–Kier alpha value is -3.06. The molecule has 0 saturated heterocycles. The molecule has 0 aliphatic carbocycles. The maximum absolute atomic E-state index is 13.8. The molecule has 4 rings (SSSR count). The molecule has 1 atom stereocenters. The Balaban J connectivity index is 1.76. The van der Waals surface area contributed by atoms with Gasteiger partial charge in [0.05, 0.1) is 19.3 Å². The van der Waals surface area contributed by atoms with Crippen molar-refractivity contribution < 1.29 is 19.1 Å². The molecule has 1 aliphatic rings. The van der Waals surface area contributed by atoms with Crippen LogP contribution in [-0.4, -0.2) is 31.6 Å². The number of fused-ring (bicyclic) bond motifs is 2. The topological polar surface area (TPSA) is 67.9 Å². The van der Waals surface area contributed by atoms with Crippen molar-refractivity contribution in [2.45, 2.75) is 39.3 Å². The number of ether oxygens (including phenoxy) is 2. The van der Waals surface area contributed by atoms with Gasteiger partial charge in [-0.3, -0.25) is 9.59 Å². The number of carbonyl (C=O) groups is 2. The van der Waals surface area contributed by atoms with Crippen LogP contribution in [0.1, 0.15) is 32.3 Å². The number of hydrogen-bond acceptors (Lipinski definition) is 4. The predicted octanol–water partition coefficient (Wildman–Crippen LogP) is 5.46. The molecule has 3 aromatic carbocycles. The Kier molecular flexibility index (Phi) is 7.41. The minimum atomic E-state index is -0.782. The smallest absolute Gasteiger partial charge is 0.253 e. The number of halogens is 1. The summed E-state index contributed by atoms with van der Waals surface area (Å²) in [6, 6.07) is 16.6. The second kappa shape index (κ2) is 10.5. The van der Waals surface area contributed by atoms with Crippen molar-refractivity contribution in [3.63, 3.8) is 0 Å². The minimum absolute atomic E-state index is 0.0812. The third-order valence-electron chi connectivity index (χ3n) is 6.39. The molecule has 0 aromatic heterocycles. The first-order valence-corrected chi connectivity index (χ1v) is 12.3. The van der Waals surface area contributed by atoms with Gasteiger partial charge in [0.15, 0.2) is 0 Å². The Bertz CT molecular complexity index is 1210. The van der Waals surface area contributed by atoms with Crippen molar-refractivity contribution in [3.8, 4) is 11.5 Å². The molecule has 1 aliphatic heterocycles. The molecule has 0 unspecified atom stereocenters. The van der Waals surface area contributed by atoms with E-state index < -0.39 is 6.04 Å². The molecule has 0 spiro atoms. The van der Waals surface area contributed by atoms with E-state index in [1.165, 1.54) is 0 Å². The SMILES string of the molecule is CCC(CC)C(=O)N[C@H]1COc2ccccc2N(Cc2c(OC)ccc3cc(Br)ccc23)C1=O. The summed E-state index contributed by atoms with van der Waals surface area (Å²) in [5.41, 5.74) is 1.56. The van der Waals surface area contributed by atoms with E-state index in [9.17, 15) is 9.59 Å². The van der Waals surface area contributed by atoms with Crippen LogP contribution >= 0.6 is 15.9 Å². The van der Waals surface area contributed by atoms with E-state index in [2.05, 4.69) is 21.2 Å². The fourth-order valence-corrected chi connectivity index (χ4v) is 4.81. The number of methoxy groups -OCH3 is 1. The number of para-hydroxylation sites is 2. The summed E-state index contributed by atoms with van der Waals surface area (Å²) in [5.74, 6) is 0.842. The van der Waals surface area contributed by atoms with Gasteiger partial charge in [-0.2, -0.15) is 0 Å². The Labute approximate surface area is 208 Å². The maximum Gasteiger partial charge on any atom is 0.253 e. The third-order valence-corrected chi connectivity index (χ3v) is 6.88. The van der Waals surface area contributed by atoms with Crippen molar-refractivity contribution in [2.24, 2.45) is 5.92 Å². The van der Waals surface area contributed by atoms with Crippen LogP contribution in [0.4, 0.5) is 5.69 Å². The van der Waals surface area contributed by atoms with Gasteiger partial charge < -0.3 is 19.7 Å². The molecular formula is C27H29BrN2O4. The summed E-state index contributed by atoms with van der Waals surface area (Å²) >= 11 is 3.53. The van der Waals surface area contributed by atoms with Gasteiger partial charge in [-0.25, -0.2) is 0 Å². The maximum atomic E-state index is 13.8. The van der Waals surface area contributed by atoms with Crippen molar-refractivity contribution in [3.05, 3.63) is 64.6 Å². The average Bonchev–Trinajstić information content (AvgIpc) is 2.97. The standard InChI is InChI=1S/C27H29BrN2O4/c1-4-17(5-2)26(31)29-22-16-34-25-9-7-6-8-23(25)30(27(22)32)15-21-20-12-11-19(28)14-18(20)10-13-24(21)33-3/h6-14,17,22H,4-5,15-16H2,1-3H3,(H,29,31)/t22-/m0/s1. The van der Waals surface area contributed by atoms with Gasteiger partial charge in [0.25, 0.3) is 5.91 Å². The van der Waals surface area contributed by atoms with Crippen molar-refractivity contribution >= 4 is 44.2 Å². The molecule has 0 bridgehead atoms. The monoisotopic (exact) mass is 524 g/mol. The largest absolute Gasteiger partial charge is 0.496 e. The lowest BCUT2D eigenvalue weighted by atomic mass is 10.0. The lowest BCUT2D eigenvalue weighted by Gasteiger charge is -2.27. The Morgan fingerprint density at radius 2 is 1.94 bits per heavy atom. The number of hydrogen-bond donors (Lipinski definition) is 1. The first-order chi connectivity index (χ1) is 16.5. The fraction of sp³-hybridized carbons (Fsp3) is 0.333. The zero-order valence-electron chi connectivity index (χ0n) is 19.6. The average molecular weight is 525 g/mol. The van der Waals surface area contributed by atoms with E-state index in [-0.39, 0.29) is 30.9 Å². The van der Waals surface area contributed by atoms with Crippen LogP contribution in [0.25, 0.3) is 10.8 Å². The fourth-order valence-electron chi connectivity index (χ4n) is 4.43. The summed E-state index contributed by atoms with van der Waals surface area (Å²) < 4.78 is 12.7. The molecule has 0 fully saturated rings. The van der Waals surface area contributed by atoms with E-state index in [0.717, 1.165) is 33.7 Å². The molecule has 6 nitrogen and oxygen atoms in total. The van der Waals surface area contributed by atoms with Crippen LogP contribution in [0.3, 0.4) is 0 Å². The summed E-state index contributed by atoms with van der Waals surface area (Å²) in [4.78, 5) is 28.3. The number of nitrogens with one attached hydrogen (secondary N) is 1. The number of anilines is 1. The molecule has 34 heavy (non-hydrogen) atoms. The molecule has 7 heteroatoms. The van der Waals surface area contributed by atoms with Crippen LogP contribution in [0.2, 0.25) is 0 Å². The lowest BCUT2D eigenvalue weighted by Crippen LogP contribution is -2.51. The van der Waals surface area contributed by atoms with Crippen LogP contribution in [-0.2, 0) is 16.1 Å². The van der Waals surface area contributed by atoms with Crippen molar-refractivity contribution in [1.29, 1.82) is 0 Å². The molecule has 1 heterocycles. The van der Waals surface area contributed by atoms with Crippen LogP contribution in [0.15, 0.2) is 59.1 Å². The number of benzene rings is 3. The summed E-state index contributed by atoms with van der Waals surface area (Å²) in [7, 11) is 1.63. The molecular weight excluding hydrogens is 496 g/mol. The Morgan fingerprint density at radius 1 is 1.18 bits per heavy atom. The highest BCUT2D eigenvalue weighted by Gasteiger charge is 2.34. The number of nitrogens with zero attached hydrogens (tertiary/aromatic N) is 1. The van der Waals surface area contributed by atoms with Gasteiger partial charge in [-0.1, -0.05) is 54.0 Å². The Morgan fingerprint density at radius 3 is 2.68 bits per heavy atom. The molecule has 3 aromatic rings. The summed E-state index contributed by atoms with van der Waals surface area (Å²) in [6.07, 6.45) is 1.44. The third kappa shape index (κ3) is 4.75. The number of carbonyl (C=O) groups excluding carboxylic acids is 2. The first kappa shape index (κ1) is 24.1. The summed E-state index contributed by atoms with van der Waals surface area (Å²) in [5, 5.41) is 4.98. The van der Waals surface area contributed by atoms with E-state index in [1.54, 1.807) is 12.0 Å². The summed E-state index contributed by atoms with van der Waals surface area (Å²) in [6.45, 7) is 4.31. The second-order valence-corrected chi connectivity index (χ2v) is 9.31. The van der Waals surface area contributed by atoms with Gasteiger partial charge in [-0.05, 0) is 53.9 Å². The highest BCUT2D eigenvalue weighted by molar-refractivity contribution is 9.10. The molecule has 0 saturated carbocycles. The van der Waals surface area contributed by atoms with Gasteiger partial charge in [0.2, 0.25) is 5.91 Å². The minimum Gasteiger partial charge on any atom is -0.496 e. The highest BCUT2D eigenvalue weighted by atomic mass is 79.9. The zero-order valence-corrected chi connectivity index (χ0v) is 21.2. The number of amides is 2. The highest BCUT2D eigenvalue weighted by Crippen LogP contribution is 2.36. The van der Waals surface area contributed by atoms with Gasteiger partial charge in [0, 0.05) is 16.0 Å². The van der Waals surface area contributed by atoms with Gasteiger partial charge in [-0.15, -0.1) is 0 Å². The second-order valence-electron chi connectivity index (χ2n) is 8.39. The van der Waals surface area contributed by atoms with E-state index >= 15 is 0 Å². The van der Waals surface area contributed by atoms with Crippen LogP contribution in [0.5, 0.6) is 11.5 Å². The molecule has 2 amide bonds. The van der Waals surface area contributed by atoms with E-state index in [1.807, 2.05) is 68.4 Å². The van der Waals surface area contributed by atoms with Crippen molar-refractivity contribution in [2.75, 3.05) is 18.6 Å². The van der Waals surface area contributed by atoms with Gasteiger partial charge >= 0.3 is 0 Å². The van der Waals surface area contributed by atoms with Crippen molar-refractivity contribution in [1.82, 2.24) is 5.32 Å². The zero-order chi connectivity index (χ0) is 24.2. The van der Waals surface area contributed by atoms with E-state index in [4.69, 9.17) is 9.47 Å². The predicted molar refractivity (Wildman–Crippen MR) is 137 cm³/mol. The quantitative estimate of drug-likeness (QED) is 0.445. The van der Waals surface area contributed by atoms with Crippen LogP contribution < -0.4 is 19.7 Å². The molecule has 178 valence electrons. The molecule has 0 radical (unpaired) electrons. The van der Waals surface area contributed by atoms with E-state index in [0.29, 0.717) is 17.2 Å². The molecule has 1 N–H and O–H groups in total. The number of rotatable bonds is 7. The normalized spacial score (nSPS) is 15.6. The van der Waals surface area contributed by atoms with Crippen LogP contribution in [0, 0.1) is 5.92 Å². The van der Waals surface area contributed by atoms with Gasteiger partial charge in [0.1, 0.15) is 24.1 Å². The first-order valence-electron chi connectivity index (χ1n) is 11.6.